The number of carboxylic acid groups (broad SMARTS) is 1. The van der Waals surface area contributed by atoms with Crippen LogP contribution < -0.4 is 33.2 Å². The molecule has 0 spiro atoms. The van der Waals surface area contributed by atoms with E-state index in [1.54, 1.807) is 6.20 Å². The number of aliphatic imine (C=N–C) groups is 1. The Morgan fingerprint density at radius 2 is 1.67 bits per heavy atom. The van der Waals surface area contributed by atoms with Gasteiger partial charge in [0.15, 0.2) is 5.96 Å². The van der Waals surface area contributed by atoms with Crippen LogP contribution in [0, 0.1) is 0 Å². The van der Waals surface area contributed by atoms with E-state index in [-0.39, 0.29) is 25.3 Å². The van der Waals surface area contributed by atoms with Gasteiger partial charge in [0.25, 0.3) is 0 Å². The van der Waals surface area contributed by atoms with Gasteiger partial charge in [0, 0.05) is 23.6 Å². The van der Waals surface area contributed by atoms with E-state index in [9.17, 15) is 19.2 Å². The molecule has 2 aromatic rings. The highest BCUT2D eigenvalue weighted by Gasteiger charge is 2.27. The molecule has 1 aromatic carbocycles. The van der Waals surface area contributed by atoms with Gasteiger partial charge in [-0.25, -0.2) is 0 Å². The van der Waals surface area contributed by atoms with E-state index in [0.717, 1.165) is 16.5 Å². The first-order valence-corrected chi connectivity index (χ1v) is 11.5. The monoisotopic (exact) mass is 502 g/mol. The number of fused-ring (bicyclic) bond motifs is 1. The molecule has 13 nitrogen and oxygen atoms in total. The highest BCUT2D eigenvalue weighted by Crippen LogP contribution is 2.18. The zero-order valence-corrected chi connectivity index (χ0v) is 20.3. The maximum Gasteiger partial charge on any atom is 0.325 e. The maximum absolute atomic E-state index is 12.7. The minimum absolute atomic E-state index is 0.111. The Bertz CT molecular complexity index is 1110. The lowest BCUT2D eigenvalue weighted by molar-refractivity contribution is -0.141. The Labute approximate surface area is 208 Å². The number of hydrogen-bond acceptors (Lipinski definition) is 6. The van der Waals surface area contributed by atoms with Gasteiger partial charge < -0.3 is 43.2 Å². The summed E-state index contributed by atoms with van der Waals surface area (Å²) in [4.78, 5) is 56.0. The van der Waals surface area contributed by atoms with Crippen molar-refractivity contribution in [2.24, 2.45) is 22.2 Å². The van der Waals surface area contributed by atoms with Crippen molar-refractivity contribution in [3.05, 3.63) is 36.0 Å². The van der Waals surface area contributed by atoms with E-state index >= 15 is 0 Å². The first-order valence-electron chi connectivity index (χ1n) is 11.5. The first-order chi connectivity index (χ1) is 17.0. The lowest BCUT2D eigenvalue weighted by atomic mass is 10.0. The zero-order chi connectivity index (χ0) is 26.8. The van der Waals surface area contributed by atoms with E-state index in [2.05, 4.69) is 25.9 Å². The molecule has 0 aliphatic carbocycles. The number of aromatic nitrogens is 1. The third-order valence-electron chi connectivity index (χ3n) is 5.51. The lowest BCUT2D eigenvalue weighted by Crippen LogP contribution is -2.56. The molecule has 36 heavy (non-hydrogen) atoms. The van der Waals surface area contributed by atoms with E-state index in [1.807, 2.05) is 24.3 Å². The molecule has 4 unspecified atom stereocenters. The summed E-state index contributed by atoms with van der Waals surface area (Å²) in [6, 6.07) is 3.49. The third kappa shape index (κ3) is 8.27. The number of nitrogens with two attached hydrogens (primary N) is 3. The number of carbonyl (C=O) groups is 4. The van der Waals surface area contributed by atoms with Crippen LogP contribution in [0.15, 0.2) is 35.5 Å². The third-order valence-corrected chi connectivity index (χ3v) is 5.51. The van der Waals surface area contributed by atoms with Gasteiger partial charge in [-0.3, -0.25) is 24.2 Å². The summed E-state index contributed by atoms with van der Waals surface area (Å²) >= 11 is 0. The Kier molecular flexibility index (Phi) is 10.2. The lowest BCUT2D eigenvalue weighted by Gasteiger charge is -2.23. The SMILES string of the molecule is CC(NC(=O)C(CCCN=C(N)N)NC(=O)C(C)NC(=O)C(N)Cc1c[nH]c2ccccc12)C(=O)O. The first kappa shape index (κ1) is 28.1. The van der Waals surface area contributed by atoms with Crippen molar-refractivity contribution in [1.29, 1.82) is 0 Å². The second kappa shape index (κ2) is 13.1. The summed E-state index contributed by atoms with van der Waals surface area (Å²) in [5.74, 6) is -3.18. The minimum Gasteiger partial charge on any atom is -0.480 e. The van der Waals surface area contributed by atoms with Gasteiger partial charge in [-0.1, -0.05) is 18.2 Å². The van der Waals surface area contributed by atoms with Crippen LogP contribution in [-0.2, 0) is 25.6 Å². The van der Waals surface area contributed by atoms with Crippen molar-refractivity contribution in [2.75, 3.05) is 6.54 Å². The number of nitrogens with one attached hydrogen (secondary N) is 4. The fourth-order valence-corrected chi connectivity index (χ4v) is 3.46. The standard InChI is InChI=1S/C23H34N8O5/c1-12(29-20(33)16(24)10-14-11-28-17-7-4-3-6-15(14)17)19(32)31-18(8-5-9-27-23(25)26)21(34)30-13(2)22(35)36/h3-4,6-7,11-13,16,18,28H,5,8-10,24H2,1-2H3,(H,29,33)(H,30,34)(H,31,32)(H,35,36)(H4,25,26,27). The number of aliphatic carboxylic acids is 1. The van der Waals surface area contributed by atoms with Gasteiger partial charge in [-0.05, 0) is 44.7 Å². The number of H-pyrrole nitrogens is 1. The van der Waals surface area contributed by atoms with Gasteiger partial charge in [-0.15, -0.1) is 0 Å². The van der Waals surface area contributed by atoms with Gasteiger partial charge in [0.2, 0.25) is 17.7 Å². The number of amides is 3. The molecule has 0 saturated heterocycles. The molecule has 0 saturated carbocycles. The van der Waals surface area contributed by atoms with E-state index in [1.165, 1.54) is 13.8 Å². The number of carbonyl (C=O) groups excluding carboxylic acids is 3. The topological polar surface area (TPSA) is 231 Å². The number of benzene rings is 1. The number of guanidine groups is 1. The van der Waals surface area contributed by atoms with Crippen LogP contribution >= 0.6 is 0 Å². The molecular formula is C23H34N8O5. The molecule has 1 heterocycles. The van der Waals surface area contributed by atoms with Crippen LogP contribution in [-0.4, -0.2) is 70.5 Å². The predicted octanol–water partition coefficient (Wildman–Crippen LogP) is -1.33. The summed E-state index contributed by atoms with van der Waals surface area (Å²) in [5, 5.41) is 17.4. The van der Waals surface area contributed by atoms with Gasteiger partial charge in [0.05, 0.1) is 6.04 Å². The fraction of sp³-hybridized carbons (Fsp3) is 0.435. The molecule has 0 fully saturated rings. The molecule has 1 aromatic heterocycles. The molecule has 2 rings (SSSR count). The molecule has 196 valence electrons. The number of rotatable bonds is 13. The minimum atomic E-state index is -1.22. The fourth-order valence-electron chi connectivity index (χ4n) is 3.46. The number of para-hydroxylation sites is 1. The van der Waals surface area contributed by atoms with Crippen molar-refractivity contribution in [2.45, 2.75) is 57.3 Å². The van der Waals surface area contributed by atoms with E-state index < -0.39 is 47.9 Å². The van der Waals surface area contributed by atoms with Crippen LogP contribution in [0.4, 0.5) is 0 Å². The summed E-state index contributed by atoms with van der Waals surface area (Å²) < 4.78 is 0. The molecule has 0 aliphatic heterocycles. The highest BCUT2D eigenvalue weighted by atomic mass is 16.4. The molecule has 11 N–H and O–H groups in total. The normalized spacial score (nSPS) is 14.2. The Hall–Kier alpha value is -4.13. The molecule has 13 heteroatoms. The van der Waals surface area contributed by atoms with Crippen molar-refractivity contribution < 1.29 is 24.3 Å². The number of aromatic amines is 1. The predicted molar refractivity (Wildman–Crippen MR) is 135 cm³/mol. The summed E-state index contributed by atoms with van der Waals surface area (Å²) in [6.45, 7) is 2.97. The maximum atomic E-state index is 12.7. The van der Waals surface area contributed by atoms with Crippen molar-refractivity contribution >= 4 is 40.6 Å². The smallest absolute Gasteiger partial charge is 0.325 e. The zero-order valence-electron chi connectivity index (χ0n) is 20.3. The quantitative estimate of drug-likeness (QED) is 0.0926. The van der Waals surface area contributed by atoms with E-state index in [0.29, 0.717) is 6.42 Å². The Morgan fingerprint density at radius 3 is 2.33 bits per heavy atom. The molecule has 0 bridgehead atoms. The summed E-state index contributed by atoms with van der Waals surface area (Å²) in [5.41, 5.74) is 18.5. The van der Waals surface area contributed by atoms with Crippen LogP contribution in [0.3, 0.4) is 0 Å². The second-order valence-electron chi connectivity index (χ2n) is 8.48. The highest BCUT2D eigenvalue weighted by molar-refractivity contribution is 5.94. The number of carboxylic acids is 1. The average Bonchev–Trinajstić information content (AvgIpc) is 3.23. The average molecular weight is 503 g/mol. The molecule has 0 radical (unpaired) electrons. The van der Waals surface area contributed by atoms with Crippen LogP contribution in [0.2, 0.25) is 0 Å². The van der Waals surface area contributed by atoms with Crippen LogP contribution in [0.1, 0.15) is 32.3 Å². The largest absolute Gasteiger partial charge is 0.480 e. The van der Waals surface area contributed by atoms with E-state index in [4.69, 9.17) is 22.3 Å². The van der Waals surface area contributed by atoms with Crippen LogP contribution in [0.25, 0.3) is 10.9 Å². The number of nitrogens with zero attached hydrogens (tertiary/aromatic N) is 1. The molecule has 4 atom stereocenters. The van der Waals surface area contributed by atoms with Crippen molar-refractivity contribution in [3.63, 3.8) is 0 Å². The van der Waals surface area contributed by atoms with Crippen molar-refractivity contribution in [3.8, 4) is 0 Å². The van der Waals surface area contributed by atoms with Gasteiger partial charge in [-0.2, -0.15) is 0 Å². The molecular weight excluding hydrogens is 468 g/mol. The van der Waals surface area contributed by atoms with Crippen LogP contribution in [0.5, 0.6) is 0 Å². The molecule has 3 amide bonds. The van der Waals surface area contributed by atoms with Crippen molar-refractivity contribution in [1.82, 2.24) is 20.9 Å². The number of hydrogen-bond donors (Lipinski definition) is 8. The molecule has 0 aliphatic rings. The second-order valence-corrected chi connectivity index (χ2v) is 8.48. The Morgan fingerprint density at radius 1 is 1.00 bits per heavy atom. The van der Waals surface area contributed by atoms with Gasteiger partial charge in [0.1, 0.15) is 18.1 Å². The van der Waals surface area contributed by atoms with Gasteiger partial charge >= 0.3 is 5.97 Å². The summed E-state index contributed by atoms with van der Waals surface area (Å²) in [6.07, 6.45) is 2.53. The Balaban J connectivity index is 1.97. The summed E-state index contributed by atoms with van der Waals surface area (Å²) in [7, 11) is 0.